The van der Waals surface area contributed by atoms with Gasteiger partial charge in [-0.25, -0.2) is 4.99 Å². The fourth-order valence-corrected chi connectivity index (χ4v) is 3.68. The summed E-state index contributed by atoms with van der Waals surface area (Å²) in [4.78, 5) is 21.4. The molecule has 1 fully saturated rings. The zero-order valence-electron chi connectivity index (χ0n) is 17.5. The molecule has 0 aromatic heterocycles. The fourth-order valence-electron chi connectivity index (χ4n) is 3.68. The molecule has 0 saturated carbocycles. The Labute approximate surface area is 191 Å². The minimum atomic E-state index is -0.0580. The van der Waals surface area contributed by atoms with E-state index in [1.165, 1.54) is 11.3 Å². The molecule has 1 saturated heterocycles. The number of carbonyl (C=O) groups is 1. The van der Waals surface area contributed by atoms with Crippen molar-refractivity contribution < 1.29 is 9.53 Å². The molecule has 1 aromatic carbocycles. The van der Waals surface area contributed by atoms with E-state index in [2.05, 4.69) is 58.5 Å². The molecular formula is C22H33IN4O2. The number of hydrogen-bond acceptors (Lipinski definition) is 4. The van der Waals surface area contributed by atoms with Crippen LogP contribution in [-0.2, 0) is 16.1 Å². The topological polar surface area (TPSA) is 57.2 Å². The van der Waals surface area contributed by atoms with Gasteiger partial charge >= 0.3 is 5.97 Å². The third-order valence-corrected chi connectivity index (χ3v) is 5.28. The highest BCUT2D eigenvalue weighted by atomic mass is 127. The maximum absolute atomic E-state index is 11.9. The molecule has 29 heavy (non-hydrogen) atoms. The molecule has 1 aromatic rings. The molecule has 2 aliphatic rings. The Morgan fingerprint density at radius 1 is 1.14 bits per heavy atom. The summed E-state index contributed by atoms with van der Waals surface area (Å²) in [7, 11) is 0. The molecule has 0 amide bonds. The number of esters is 1. The Bertz CT molecular complexity index is 689. The van der Waals surface area contributed by atoms with Gasteiger partial charge in [0.15, 0.2) is 5.96 Å². The third-order valence-electron chi connectivity index (χ3n) is 5.28. The first-order chi connectivity index (χ1) is 13.7. The van der Waals surface area contributed by atoms with Gasteiger partial charge in [-0.1, -0.05) is 24.3 Å². The van der Waals surface area contributed by atoms with Crippen LogP contribution in [0.4, 0.5) is 5.69 Å². The summed E-state index contributed by atoms with van der Waals surface area (Å²) >= 11 is 0. The van der Waals surface area contributed by atoms with Crippen LogP contribution in [0.15, 0.2) is 41.4 Å². The number of benzene rings is 1. The predicted molar refractivity (Wildman–Crippen MR) is 129 cm³/mol. The number of halogens is 1. The van der Waals surface area contributed by atoms with Crippen molar-refractivity contribution in [2.45, 2.75) is 33.2 Å². The first-order valence-electron chi connectivity index (χ1n) is 10.4. The Hall–Kier alpha value is -1.77. The number of rotatable bonds is 6. The average molecular weight is 512 g/mol. The number of nitrogens with one attached hydrogen (secondary N) is 1. The number of ether oxygens (including phenoxy) is 1. The van der Waals surface area contributed by atoms with E-state index < -0.39 is 0 Å². The van der Waals surface area contributed by atoms with Crippen LogP contribution in [-0.4, -0.2) is 56.2 Å². The van der Waals surface area contributed by atoms with Crippen molar-refractivity contribution in [2.24, 2.45) is 10.9 Å². The van der Waals surface area contributed by atoms with Gasteiger partial charge in [-0.3, -0.25) is 4.79 Å². The van der Waals surface area contributed by atoms with Crippen molar-refractivity contribution >= 4 is 41.6 Å². The Morgan fingerprint density at radius 2 is 1.79 bits per heavy atom. The minimum Gasteiger partial charge on any atom is -0.466 e. The van der Waals surface area contributed by atoms with Crippen LogP contribution in [0.5, 0.6) is 0 Å². The first kappa shape index (κ1) is 23.5. The van der Waals surface area contributed by atoms with Gasteiger partial charge in [0.25, 0.3) is 0 Å². The summed E-state index contributed by atoms with van der Waals surface area (Å²) in [5, 5.41) is 3.39. The molecule has 6 nitrogen and oxygen atoms in total. The fraction of sp³-hybridized carbons (Fsp3) is 0.545. The van der Waals surface area contributed by atoms with Crippen LogP contribution < -0.4 is 10.2 Å². The summed E-state index contributed by atoms with van der Waals surface area (Å²) in [5.41, 5.74) is 2.46. The molecule has 0 unspecified atom stereocenters. The molecule has 2 heterocycles. The van der Waals surface area contributed by atoms with Gasteiger partial charge in [0.1, 0.15) is 0 Å². The first-order valence-corrected chi connectivity index (χ1v) is 10.4. The van der Waals surface area contributed by atoms with Crippen molar-refractivity contribution in [1.29, 1.82) is 0 Å². The largest absolute Gasteiger partial charge is 0.466 e. The van der Waals surface area contributed by atoms with Gasteiger partial charge in [-0.15, -0.1) is 24.0 Å². The van der Waals surface area contributed by atoms with E-state index in [1.807, 2.05) is 6.92 Å². The molecule has 3 rings (SSSR count). The van der Waals surface area contributed by atoms with E-state index in [9.17, 15) is 4.79 Å². The van der Waals surface area contributed by atoms with Gasteiger partial charge in [-0.2, -0.15) is 0 Å². The van der Waals surface area contributed by atoms with Gasteiger partial charge in [-0.05, 0) is 44.4 Å². The SMILES string of the molecule is CCNC(=NCc1ccc(N2CC=CC2)cc1)N1CCC(C(=O)OCC)CC1.I. The zero-order valence-corrected chi connectivity index (χ0v) is 19.8. The van der Waals surface area contributed by atoms with Gasteiger partial charge in [0.2, 0.25) is 0 Å². The van der Waals surface area contributed by atoms with Gasteiger partial charge in [0.05, 0.1) is 19.1 Å². The van der Waals surface area contributed by atoms with E-state index in [4.69, 9.17) is 9.73 Å². The maximum atomic E-state index is 11.9. The van der Waals surface area contributed by atoms with Crippen LogP contribution in [0.3, 0.4) is 0 Å². The molecule has 1 N–H and O–H groups in total. The Morgan fingerprint density at radius 3 is 2.38 bits per heavy atom. The average Bonchev–Trinajstić information content (AvgIpc) is 3.27. The van der Waals surface area contributed by atoms with Crippen molar-refractivity contribution in [3.63, 3.8) is 0 Å². The van der Waals surface area contributed by atoms with Crippen molar-refractivity contribution in [3.05, 3.63) is 42.0 Å². The summed E-state index contributed by atoms with van der Waals surface area (Å²) in [6.45, 7) is 9.52. The lowest BCUT2D eigenvalue weighted by Crippen LogP contribution is -2.46. The van der Waals surface area contributed by atoms with E-state index >= 15 is 0 Å². The second kappa shape index (κ2) is 12.0. The smallest absolute Gasteiger partial charge is 0.309 e. The maximum Gasteiger partial charge on any atom is 0.309 e. The summed E-state index contributed by atoms with van der Waals surface area (Å²) in [6, 6.07) is 8.67. The number of hydrogen-bond donors (Lipinski definition) is 1. The lowest BCUT2D eigenvalue weighted by molar-refractivity contribution is -0.149. The molecule has 0 radical (unpaired) electrons. The Balaban J connectivity index is 0.00000300. The van der Waals surface area contributed by atoms with Crippen LogP contribution >= 0.6 is 24.0 Å². The number of likely N-dealkylation sites (tertiary alicyclic amines) is 1. The number of nitrogens with zero attached hydrogens (tertiary/aromatic N) is 3. The number of carbonyl (C=O) groups excluding carboxylic acids is 1. The second-order valence-electron chi connectivity index (χ2n) is 7.23. The molecule has 0 spiro atoms. The third kappa shape index (κ3) is 6.62. The molecule has 160 valence electrons. The highest BCUT2D eigenvalue weighted by Crippen LogP contribution is 2.20. The molecular weight excluding hydrogens is 479 g/mol. The minimum absolute atomic E-state index is 0. The van der Waals surface area contributed by atoms with Gasteiger partial charge < -0.3 is 19.9 Å². The van der Waals surface area contributed by atoms with E-state index in [0.717, 1.165) is 51.5 Å². The molecule has 0 bridgehead atoms. The predicted octanol–water partition coefficient (Wildman–Crippen LogP) is 3.42. The number of aliphatic imine (C=N–C) groups is 1. The van der Waals surface area contributed by atoms with Crippen LogP contribution in [0.1, 0.15) is 32.3 Å². The summed E-state index contributed by atoms with van der Waals surface area (Å²) in [5.74, 6) is 0.890. The van der Waals surface area contributed by atoms with E-state index in [1.54, 1.807) is 0 Å². The normalized spacial score (nSPS) is 17.2. The summed E-state index contributed by atoms with van der Waals surface area (Å²) < 4.78 is 5.17. The highest BCUT2D eigenvalue weighted by Gasteiger charge is 2.27. The highest BCUT2D eigenvalue weighted by molar-refractivity contribution is 14.0. The van der Waals surface area contributed by atoms with Crippen molar-refractivity contribution in [1.82, 2.24) is 10.2 Å². The standard InChI is InChI=1S/C22H32N4O2.HI/c1-3-23-22(26-15-11-19(12-16-26)21(27)28-4-2)24-17-18-7-9-20(10-8-18)25-13-5-6-14-25;/h5-10,19H,3-4,11-17H2,1-2H3,(H,23,24);1H. The number of piperidine rings is 1. The lowest BCUT2D eigenvalue weighted by Gasteiger charge is -2.33. The lowest BCUT2D eigenvalue weighted by atomic mass is 9.97. The van der Waals surface area contributed by atoms with Crippen molar-refractivity contribution in [2.75, 3.05) is 44.2 Å². The van der Waals surface area contributed by atoms with Crippen molar-refractivity contribution in [3.8, 4) is 0 Å². The van der Waals surface area contributed by atoms with Crippen LogP contribution in [0, 0.1) is 5.92 Å². The zero-order chi connectivity index (χ0) is 19.8. The molecule has 7 heteroatoms. The van der Waals surface area contributed by atoms with E-state index in [-0.39, 0.29) is 35.9 Å². The monoisotopic (exact) mass is 512 g/mol. The quantitative estimate of drug-likeness (QED) is 0.208. The molecule has 2 aliphatic heterocycles. The molecule has 0 atom stereocenters. The second-order valence-corrected chi connectivity index (χ2v) is 7.23. The van der Waals surface area contributed by atoms with E-state index in [0.29, 0.717) is 13.2 Å². The Kier molecular flexibility index (Phi) is 9.76. The number of anilines is 1. The summed E-state index contributed by atoms with van der Waals surface area (Å²) in [6.07, 6.45) is 6.04. The number of guanidine groups is 1. The van der Waals surface area contributed by atoms with Crippen LogP contribution in [0.25, 0.3) is 0 Å². The van der Waals surface area contributed by atoms with Crippen LogP contribution in [0.2, 0.25) is 0 Å². The molecule has 0 aliphatic carbocycles. The van der Waals surface area contributed by atoms with Gasteiger partial charge in [0, 0.05) is 38.4 Å².